The molecule has 0 saturated heterocycles. The topological polar surface area (TPSA) is 51.3 Å². The predicted octanol–water partition coefficient (Wildman–Crippen LogP) is 2.94. The second-order valence-corrected chi connectivity index (χ2v) is 5.23. The summed E-state index contributed by atoms with van der Waals surface area (Å²) < 4.78 is 7.23. The Morgan fingerprint density at radius 3 is 2.71 bits per heavy atom. The number of carbonyl (C=O) groups is 1. The highest BCUT2D eigenvalue weighted by atomic mass is 16.3. The summed E-state index contributed by atoms with van der Waals surface area (Å²) >= 11 is 0. The van der Waals surface area contributed by atoms with E-state index in [-0.39, 0.29) is 5.91 Å². The Balaban J connectivity index is 2.15. The maximum absolute atomic E-state index is 12.6. The van der Waals surface area contributed by atoms with Gasteiger partial charge in [0.05, 0.1) is 12.2 Å². The average Bonchev–Trinajstić information content (AvgIpc) is 3.02. The largest absolute Gasteiger partial charge is 0.464 e. The Morgan fingerprint density at radius 2 is 2.14 bits per heavy atom. The number of carbonyl (C=O) groups excluding carboxylic acids is 1. The van der Waals surface area contributed by atoms with Crippen molar-refractivity contribution in [3.8, 4) is 0 Å². The molecule has 114 valence electrons. The summed E-state index contributed by atoms with van der Waals surface area (Å²) in [5.74, 6) is 1.65. The first-order valence-electron chi connectivity index (χ1n) is 7.42. The van der Waals surface area contributed by atoms with Crippen LogP contribution < -0.4 is 0 Å². The summed E-state index contributed by atoms with van der Waals surface area (Å²) in [6.07, 6.45) is 1.92. The lowest BCUT2D eigenvalue weighted by Crippen LogP contribution is -2.31. The van der Waals surface area contributed by atoms with Gasteiger partial charge in [-0.2, -0.15) is 5.10 Å². The van der Waals surface area contributed by atoms with E-state index in [1.54, 1.807) is 9.58 Å². The number of rotatable bonds is 6. The molecule has 5 heteroatoms. The molecular formula is C16H23N3O2. The zero-order valence-corrected chi connectivity index (χ0v) is 13.2. The lowest BCUT2D eigenvalue weighted by Gasteiger charge is -2.19. The van der Waals surface area contributed by atoms with E-state index in [0.717, 1.165) is 30.1 Å². The molecule has 0 aliphatic heterocycles. The quantitative estimate of drug-likeness (QED) is 0.821. The van der Waals surface area contributed by atoms with Gasteiger partial charge in [0.1, 0.15) is 17.2 Å². The Morgan fingerprint density at radius 1 is 1.38 bits per heavy atom. The zero-order valence-electron chi connectivity index (χ0n) is 13.2. The normalized spacial score (nSPS) is 10.9. The number of amides is 1. The standard InChI is InChI=1S/C16H23N3O2/c1-5-7-13-10-15(18(4)17-13)16(20)19(6-2)11-14-9-8-12(3)21-14/h8-10H,5-7,11H2,1-4H3. The van der Waals surface area contributed by atoms with E-state index in [1.807, 2.05) is 39.1 Å². The minimum absolute atomic E-state index is 0.0103. The van der Waals surface area contributed by atoms with Crippen LogP contribution in [0.1, 0.15) is 48.0 Å². The van der Waals surface area contributed by atoms with Gasteiger partial charge < -0.3 is 9.32 Å². The summed E-state index contributed by atoms with van der Waals surface area (Å²) in [5.41, 5.74) is 1.59. The molecule has 2 aromatic rings. The van der Waals surface area contributed by atoms with Crippen molar-refractivity contribution in [1.29, 1.82) is 0 Å². The molecule has 0 atom stereocenters. The molecule has 2 rings (SSSR count). The van der Waals surface area contributed by atoms with Gasteiger partial charge in [0.15, 0.2) is 0 Å². The van der Waals surface area contributed by atoms with Gasteiger partial charge in [0.25, 0.3) is 5.91 Å². The van der Waals surface area contributed by atoms with Crippen molar-refractivity contribution in [2.24, 2.45) is 7.05 Å². The Bertz CT molecular complexity index is 613. The van der Waals surface area contributed by atoms with E-state index in [4.69, 9.17) is 4.42 Å². The van der Waals surface area contributed by atoms with Gasteiger partial charge in [0.2, 0.25) is 0 Å². The fourth-order valence-corrected chi connectivity index (χ4v) is 2.35. The van der Waals surface area contributed by atoms with E-state index >= 15 is 0 Å². The molecule has 0 aromatic carbocycles. The molecule has 21 heavy (non-hydrogen) atoms. The fraction of sp³-hybridized carbons (Fsp3) is 0.500. The highest BCUT2D eigenvalue weighted by Gasteiger charge is 2.20. The Kier molecular flexibility index (Phi) is 4.83. The smallest absolute Gasteiger partial charge is 0.272 e. The molecule has 0 saturated carbocycles. The summed E-state index contributed by atoms with van der Waals surface area (Å²) in [6, 6.07) is 5.72. The number of nitrogens with zero attached hydrogens (tertiary/aromatic N) is 3. The first-order valence-corrected chi connectivity index (χ1v) is 7.42. The van der Waals surface area contributed by atoms with Crippen LogP contribution in [0, 0.1) is 6.92 Å². The van der Waals surface area contributed by atoms with E-state index in [9.17, 15) is 4.79 Å². The first-order chi connectivity index (χ1) is 10.0. The molecular weight excluding hydrogens is 266 g/mol. The molecule has 5 nitrogen and oxygen atoms in total. The third-order valence-corrected chi connectivity index (χ3v) is 3.47. The number of furan rings is 1. The van der Waals surface area contributed by atoms with Crippen LogP contribution in [0.25, 0.3) is 0 Å². The summed E-state index contributed by atoms with van der Waals surface area (Å²) in [6.45, 7) is 7.09. The summed E-state index contributed by atoms with van der Waals surface area (Å²) in [5, 5.41) is 4.40. The van der Waals surface area contributed by atoms with Crippen LogP contribution in [0.15, 0.2) is 22.6 Å². The average molecular weight is 289 g/mol. The van der Waals surface area contributed by atoms with Crippen molar-refractivity contribution < 1.29 is 9.21 Å². The molecule has 2 aromatic heterocycles. The van der Waals surface area contributed by atoms with Crippen LogP contribution >= 0.6 is 0 Å². The Hall–Kier alpha value is -2.04. The second-order valence-electron chi connectivity index (χ2n) is 5.23. The first kappa shape index (κ1) is 15.4. The molecule has 0 radical (unpaired) electrons. The van der Waals surface area contributed by atoms with E-state index in [0.29, 0.717) is 18.8 Å². The Labute approximate surface area is 125 Å². The maximum atomic E-state index is 12.6. The van der Waals surface area contributed by atoms with Gasteiger partial charge in [-0.1, -0.05) is 13.3 Å². The number of aromatic nitrogens is 2. The second kappa shape index (κ2) is 6.61. The molecule has 0 spiro atoms. The van der Waals surface area contributed by atoms with E-state index in [2.05, 4.69) is 12.0 Å². The monoisotopic (exact) mass is 289 g/mol. The maximum Gasteiger partial charge on any atom is 0.272 e. The molecule has 0 unspecified atom stereocenters. The van der Waals surface area contributed by atoms with Crippen molar-refractivity contribution in [1.82, 2.24) is 14.7 Å². The minimum atomic E-state index is -0.0103. The van der Waals surface area contributed by atoms with Crippen LogP contribution in [-0.2, 0) is 20.0 Å². The van der Waals surface area contributed by atoms with Crippen molar-refractivity contribution in [3.63, 3.8) is 0 Å². The van der Waals surface area contributed by atoms with Crippen molar-refractivity contribution in [2.45, 2.75) is 40.2 Å². The number of aryl methyl sites for hydroxylation is 3. The summed E-state index contributed by atoms with van der Waals surface area (Å²) in [4.78, 5) is 14.4. The van der Waals surface area contributed by atoms with Crippen LogP contribution in [0.2, 0.25) is 0 Å². The highest BCUT2D eigenvalue weighted by molar-refractivity contribution is 5.92. The lowest BCUT2D eigenvalue weighted by molar-refractivity contribution is 0.0729. The van der Waals surface area contributed by atoms with Crippen LogP contribution in [0.5, 0.6) is 0 Å². The molecule has 1 amide bonds. The zero-order chi connectivity index (χ0) is 15.4. The molecule has 0 fully saturated rings. The van der Waals surface area contributed by atoms with Crippen LogP contribution in [0.3, 0.4) is 0 Å². The predicted molar refractivity (Wildman–Crippen MR) is 81.1 cm³/mol. The third-order valence-electron chi connectivity index (χ3n) is 3.47. The van der Waals surface area contributed by atoms with E-state index < -0.39 is 0 Å². The number of hydrogen-bond donors (Lipinski definition) is 0. The van der Waals surface area contributed by atoms with Gasteiger partial charge in [-0.05, 0) is 38.5 Å². The SMILES string of the molecule is CCCc1cc(C(=O)N(CC)Cc2ccc(C)o2)n(C)n1. The highest BCUT2D eigenvalue weighted by Crippen LogP contribution is 2.14. The molecule has 0 bridgehead atoms. The minimum Gasteiger partial charge on any atom is -0.464 e. The molecule has 0 aliphatic rings. The van der Waals surface area contributed by atoms with Gasteiger partial charge >= 0.3 is 0 Å². The van der Waals surface area contributed by atoms with Gasteiger partial charge in [-0.3, -0.25) is 9.48 Å². The van der Waals surface area contributed by atoms with Gasteiger partial charge in [0, 0.05) is 13.6 Å². The lowest BCUT2D eigenvalue weighted by atomic mass is 10.2. The third kappa shape index (κ3) is 3.54. The molecule has 0 N–H and O–H groups in total. The van der Waals surface area contributed by atoms with Crippen molar-refractivity contribution in [2.75, 3.05) is 6.54 Å². The van der Waals surface area contributed by atoms with Crippen molar-refractivity contribution in [3.05, 3.63) is 41.1 Å². The number of hydrogen-bond acceptors (Lipinski definition) is 3. The van der Waals surface area contributed by atoms with Crippen LogP contribution in [-0.4, -0.2) is 27.1 Å². The molecule has 2 heterocycles. The van der Waals surface area contributed by atoms with Crippen LogP contribution in [0.4, 0.5) is 0 Å². The van der Waals surface area contributed by atoms with E-state index in [1.165, 1.54) is 0 Å². The van der Waals surface area contributed by atoms with Crippen molar-refractivity contribution >= 4 is 5.91 Å². The van der Waals surface area contributed by atoms with Gasteiger partial charge in [-0.15, -0.1) is 0 Å². The molecule has 0 aliphatic carbocycles. The van der Waals surface area contributed by atoms with Gasteiger partial charge in [-0.25, -0.2) is 0 Å². The fourth-order valence-electron chi connectivity index (χ4n) is 2.35. The summed E-state index contributed by atoms with van der Waals surface area (Å²) in [7, 11) is 1.82.